The van der Waals surface area contributed by atoms with Crippen molar-refractivity contribution in [3.63, 3.8) is 0 Å². The smallest absolute Gasteiger partial charge is 0.279 e. The van der Waals surface area contributed by atoms with Gasteiger partial charge in [-0.15, -0.1) is 0 Å². The fourth-order valence-corrected chi connectivity index (χ4v) is 1.89. The lowest BCUT2D eigenvalue weighted by Gasteiger charge is -2.11. The molecule has 0 aliphatic heterocycles. The number of anilines is 1. The molecule has 0 fully saturated rings. The van der Waals surface area contributed by atoms with Gasteiger partial charge in [-0.05, 0) is 36.3 Å². The van der Waals surface area contributed by atoms with Gasteiger partial charge >= 0.3 is 0 Å². The summed E-state index contributed by atoms with van der Waals surface area (Å²) >= 11 is 0. The fourth-order valence-electron chi connectivity index (χ4n) is 1.89. The van der Waals surface area contributed by atoms with Crippen molar-refractivity contribution >= 4 is 11.6 Å². The van der Waals surface area contributed by atoms with Crippen LogP contribution in [0.2, 0.25) is 0 Å². The van der Waals surface area contributed by atoms with Gasteiger partial charge in [0.2, 0.25) is 0 Å². The van der Waals surface area contributed by atoms with E-state index in [2.05, 4.69) is 20.3 Å². The Morgan fingerprint density at radius 3 is 2.50 bits per heavy atom. The Balaban J connectivity index is 1.83. The molecule has 1 amide bonds. The minimum atomic E-state index is -0.400. The van der Waals surface area contributed by atoms with E-state index in [0.717, 1.165) is 0 Å². The van der Waals surface area contributed by atoms with Crippen LogP contribution in [0.3, 0.4) is 0 Å². The summed E-state index contributed by atoms with van der Waals surface area (Å²) in [4.78, 5) is 12.2. The molecule has 1 aromatic heterocycles. The van der Waals surface area contributed by atoms with Gasteiger partial charge in [0.25, 0.3) is 5.91 Å². The van der Waals surface area contributed by atoms with Gasteiger partial charge in [0, 0.05) is 0 Å². The number of carbonyl (C=O) groups excluding carboxylic acids is 1. The van der Waals surface area contributed by atoms with Crippen LogP contribution in [0.15, 0.2) is 59.2 Å². The summed E-state index contributed by atoms with van der Waals surface area (Å²) in [5.74, 6) is 0.822. The van der Waals surface area contributed by atoms with E-state index in [1.54, 1.807) is 25.1 Å². The third kappa shape index (κ3) is 2.95. The summed E-state index contributed by atoms with van der Waals surface area (Å²) < 4.78 is 10.3. The Bertz CT molecular complexity index is 784. The van der Waals surface area contributed by atoms with Crippen LogP contribution in [0.4, 0.5) is 5.69 Å². The number of hydrogen-bond donors (Lipinski definition) is 1. The molecule has 22 heavy (non-hydrogen) atoms. The summed E-state index contributed by atoms with van der Waals surface area (Å²) in [6, 6.07) is 16.5. The highest BCUT2D eigenvalue weighted by Crippen LogP contribution is 2.29. The molecule has 0 bridgehead atoms. The highest BCUT2D eigenvalue weighted by atomic mass is 16.6. The maximum atomic E-state index is 12.2. The van der Waals surface area contributed by atoms with Crippen LogP contribution in [0, 0.1) is 6.92 Å². The largest absolute Gasteiger partial charge is 0.455 e. The van der Waals surface area contributed by atoms with Crippen molar-refractivity contribution in [2.75, 3.05) is 5.32 Å². The van der Waals surface area contributed by atoms with Gasteiger partial charge in [-0.1, -0.05) is 35.5 Å². The number of benzene rings is 2. The molecule has 3 aromatic rings. The minimum absolute atomic E-state index is 0.148. The number of para-hydroxylation sites is 3. The van der Waals surface area contributed by atoms with Gasteiger partial charge in [-0.2, -0.15) is 0 Å². The highest BCUT2D eigenvalue weighted by Gasteiger charge is 2.16. The van der Waals surface area contributed by atoms with E-state index in [9.17, 15) is 4.79 Å². The normalized spacial score (nSPS) is 10.2. The summed E-state index contributed by atoms with van der Waals surface area (Å²) in [6.45, 7) is 1.65. The number of hydrogen-bond acceptors (Lipinski definition) is 5. The Kier molecular flexibility index (Phi) is 3.82. The molecule has 0 saturated heterocycles. The molecule has 0 spiro atoms. The van der Waals surface area contributed by atoms with Crippen LogP contribution < -0.4 is 10.1 Å². The Morgan fingerprint density at radius 2 is 1.77 bits per heavy atom. The van der Waals surface area contributed by atoms with Crippen molar-refractivity contribution in [2.45, 2.75) is 6.92 Å². The minimum Gasteiger partial charge on any atom is -0.455 e. The zero-order chi connectivity index (χ0) is 15.4. The summed E-state index contributed by atoms with van der Waals surface area (Å²) in [6.07, 6.45) is 0. The number of nitrogens with zero attached hydrogens (tertiary/aromatic N) is 2. The lowest BCUT2D eigenvalue weighted by Crippen LogP contribution is -2.14. The molecule has 0 saturated carbocycles. The van der Waals surface area contributed by atoms with E-state index >= 15 is 0 Å². The number of aromatic nitrogens is 2. The quantitative estimate of drug-likeness (QED) is 0.798. The first kappa shape index (κ1) is 13.8. The lowest BCUT2D eigenvalue weighted by atomic mass is 10.2. The first-order chi connectivity index (χ1) is 10.7. The lowest BCUT2D eigenvalue weighted by molar-refractivity contribution is 0.101. The molecule has 2 aromatic carbocycles. The Labute approximate surface area is 126 Å². The van der Waals surface area contributed by atoms with Crippen molar-refractivity contribution in [3.05, 3.63) is 66.0 Å². The topological polar surface area (TPSA) is 77.2 Å². The SMILES string of the molecule is Cc1nonc1C(=O)Nc1ccccc1Oc1ccccc1. The van der Waals surface area contributed by atoms with Gasteiger partial charge < -0.3 is 10.1 Å². The van der Waals surface area contributed by atoms with Gasteiger partial charge in [0.05, 0.1) is 5.69 Å². The zero-order valence-electron chi connectivity index (χ0n) is 11.8. The first-order valence-electron chi connectivity index (χ1n) is 6.66. The molecular weight excluding hydrogens is 282 g/mol. The monoisotopic (exact) mass is 295 g/mol. The molecule has 0 aliphatic rings. The van der Waals surface area contributed by atoms with E-state index in [0.29, 0.717) is 22.9 Å². The van der Waals surface area contributed by atoms with Crippen molar-refractivity contribution in [3.8, 4) is 11.5 Å². The molecule has 6 heteroatoms. The average molecular weight is 295 g/mol. The summed E-state index contributed by atoms with van der Waals surface area (Å²) in [5.41, 5.74) is 1.12. The molecule has 110 valence electrons. The fraction of sp³-hybridized carbons (Fsp3) is 0.0625. The maximum absolute atomic E-state index is 12.2. The molecule has 0 atom stereocenters. The highest BCUT2D eigenvalue weighted by molar-refractivity contribution is 6.04. The third-order valence-corrected chi connectivity index (χ3v) is 2.97. The van der Waals surface area contributed by atoms with E-state index in [1.165, 1.54) is 0 Å². The molecular formula is C16H13N3O3. The van der Waals surface area contributed by atoms with Crippen LogP contribution in [0.1, 0.15) is 16.2 Å². The van der Waals surface area contributed by atoms with Gasteiger partial charge in [-0.3, -0.25) is 4.79 Å². The number of ether oxygens (including phenoxy) is 1. The van der Waals surface area contributed by atoms with Gasteiger partial charge in [0.15, 0.2) is 11.4 Å². The van der Waals surface area contributed by atoms with Crippen LogP contribution in [0.5, 0.6) is 11.5 Å². The summed E-state index contributed by atoms with van der Waals surface area (Å²) in [5, 5.41) is 9.93. The van der Waals surface area contributed by atoms with E-state index < -0.39 is 5.91 Å². The van der Waals surface area contributed by atoms with Gasteiger partial charge in [-0.25, -0.2) is 4.63 Å². The number of aryl methyl sites for hydroxylation is 1. The molecule has 6 nitrogen and oxygen atoms in total. The average Bonchev–Trinajstić information content (AvgIpc) is 2.96. The van der Waals surface area contributed by atoms with Crippen molar-refractivity contribution < 1.29 is 14.2 Å². The summed E-state index contributed by atoms with van der Waals surface area (Å²) in [7, 11) is 0. The van der Waals surface area contributed by atoms with E-state index in [1.807, 2.05) is 36.4 Å². The number of nitrogens with one attached hydrogen (secondary N) is 1. The second-order valence-corrected chi connectivity index (χ2v) is 4.56. The maximum Gasteiger partial charge on any atom is 0.279 e. The van der Waals surface area contributed by atoms with Crippen molar-refractivity contribution in [1.82, 2.24) is 10.3 Å². The molecule has 0 unspecified atom stereocenters. The van der Waals surface area contributed by atoms with Gasteiger partial charge in [0.1, 0.15) is 11.4 Å². The zero-order valence-corrected chi connectivity index (χ0v) is 11.8. The second-order valence-electron chi connectivity index (χ2n) is 4.56. The Morgan fingerprint density at radius 1 is 1.05 bits per heavy atom. The molecule has 0 radical (unpaired) electrons. The van der Waals surface area contributed by atoms with Crippen molar-refractivity contribution in [2.24, 2.45) is 0 Å². The number of rotatable bonds is 4. The number of amides is 1. The molecule has 1 heterocycles. The van der Waals surface area contributed by atoms with Crippen molar-refractivity contribution in [1.29, 1.82) is 0 Å². The molecule has 1 N–H and O–H groups in total. The molecule has 0 aliphatic carbocycles. The predicted octanol–water partition coefficient (Wildman–Crippen LogP) is 3.42. The van der Waals surface area contributed by atoms with Crippen LogP contribution in [0.25, 0.3) is 0 Å². The molecule has 3 rings (SSSR count). The standard InChI is InChI=1S/C16H13N3O3/c1-11-15(19-22-18-11)16(20)17-13-9-5-6-10-14(13)21-12-7-3-2-4-8-12/h2-10H,1H3,(H,17,20). The second kappa shape index (κ2) is 6.09. The predicted molar refractivity (Wildman–Crippen MR) is 79.9 cm³/mol. The number of carbonyl (C=O) groups is 1. The first-order valence-corrected chi connectivity index (χ1v) is 6.66. The van der Waals surface area contributed by atoms with Crippen LogP contribution in [-0.4, -0.2) is 16.2 Å². The van der Waals surface area contributed by atoms with E-state index in [4.69, 9.17) is 4.74 Å². The Hall–Kier alpha value is -3.15. The van der Waals surface area contributed by atoms with Crippen LogP contribution in [-0.2, 0) is 0 Å². The third-order valence-electron chi connectivity index (χ3n) is 2.97. The van der Waals surface area contributed by atoms with E-state index in [-0.39, 0.29) is 5.69 Å². The van der Waals surface area contributed by atoms with Crippen LogP contribution >= 0.6 is 0 Å².